The third-order valence-corrected chi connectivity index (χ3v) is 10.6. The number of rotatable bonds is 8. The fourth-order valence-electron chi connectivity index (χ4n) is 6.11. The maximum Gasteiger partial charge on any atom is 0.495 e. The first kappa shape index (κ1) is 35.8. The van der Waals surface area contributed by atoms with Crippen LogP contribution in [0.1, 0.15) is 71.3 Å². The zero-order valence-corrected chi connectivity index (χ0v) is 30.2. The molecule has 0 amide bonds. The number of halogens is 2. The zero-order chi connectivity index (χ0) is 36.4. The van der Waals surface area contributed by atoms with E-state index in [1.807, 2.05) is 55.4 Å². The number of ether oxygens (including phenoxy) is 2. The van der Waals surface area contributed by atoms with Gasteiger partial charge < -0.3 is 28.1 Å². The molecule has 2 saturated heterocycles. The molecule has 260 valence electrons. The van der Waals surface area contributed by atoms with Gasteiger partial charge in [-0.1, -0.05) is 36.4 Å². The molecule has 6 rings (SSSR count). The van der Waals surface area contributed by atoms with Gasteiger partial charge in [-0.2, -0.15) is 0 Å². The second-order valence-corrected chi connectivity index (χ2v) is 14.8. The molecule has 7 nitrogen and oxygen atoms in total. The van der Waals surface area contributed by atoms with E-state index in [0.717, 1.165) is 0 Å². The minimum absolute atomic E-state index is 0.264. The average Bonchev–Trinajstić information content (AvgIpc) is 3.42. The van der Waals surface area contributed by atoms with Crippen LogP contribution in [-0.2, 0) is 18.6 Å². The van der Waals surface area contributed by atoms with Crippen LogP contribution in [0.25, 0.3) is 22.3 Å². The molecule has 0 aliphatic carbocycles. The lowest BCUT2D eigenvalue weighted by Crippen LogP contribution is -2.41. The zero-order valence-electron chi connectivity index (χ0n) is 30.2. The fraction of sp³-hybridized carbons (Fsp3) is 0.359. The van der Waals surface area contributed by atoms with Gasteiger partial charge in [0.15, 0.2) is 5.78 Å². The summed E-state index contributed by atoms with van der Waals surface area (Å²) in [5.74, 6) is -0.343. The molecule has 0 radical (unpaired) electrons. The Kier molecular flexibility index (Phi) is 9.05. The Morgan fingerprint density at radius 1 is 0.540 bits per heavy atom. The predicted octanol–water partition coefficient (Wildman–Crippen LogP) is 7.15. The van der Waals surface area contributed by atoms with E-state index in [-0.39, 0.29) is 28.5 Å². The Bertz CT molecular complexity index is 1770. The highest BCUT2D eigenvalue weighted by Crippen LogP contribution is 2.41. The standard InChI is InChI=1S/C39H42B2F2O7/c1-36(2)37(3,4)48-40(47-36)31-19-27(23-11-15-25(42)16-12-23)33(45-9)21-29(31)35(44)30-22-34(46-10)28(24-13-17-26(43)18-14-24)20-32(30)41-49-38(5,6)39(7,8)50-41/h11-22H,1-10H3. The molecule has 0 aromatic heterocycles. The molecule has 2 heterocycles. The Morgan fingerprint density at radius 2 is 0.840 bits per heavy atom. The van der Waals surface area contributed by atoms with Crippen molar-refractivity contribution in [2.75, 3.05) is 14.2 Å². The summed E-state index contributed by atoms with van der Waals surface area (Å²) >= 11 is 0. The van der Waals surface area contributed by atoms with Crippen molar-refractivity contribution in [3.8, 4) is 33.8 Å². The highest BCUT2D eigenvalue weighted by molar-refractivity contribution is 6.66. The number of benzene rings is 4. The highest BCUT2D eigenvalue weighted by atomic mass is 19.1. The van der Waals surface area contributed by atoms with E-state index in [2.05, 4.69) is 0 Å². The third kappa shape index (κ3) is 6.25. The number of ketones is 1. The summed E-state index contributed by atoms with van der Waals surface area (Å²) < 4.78 is 65.6. The maximum absolute atomic E-state index is 15.1. The molecular formula is C39H42B2F2O7. The lowest BCUT2D eigenvalue weighted by molar-refractivity contribution is 0.00578. The van der Waals surface area contributed by atoms with E-state index in [9.17, 15) is 8.78 Å². The highest BCUT2D eigenvalue weighted by Gasteiger charge is 2.54. The minimum Gasteiger partial charge on any atom is -0.496 e. The van der Waals surface area contributed by atoms with Crippen LogP contribution < -0.4 is 20.4 Å². The van der Waals surface area contributed by atoms with Crippen LogP contribution in [0.2, 0.25) is 0 Å². The van der Waals surface area contributed by atoms with Crippen LogP contribution in [0.5, 0.6) is 11.5 Å². The van der Waals surface area contributed by atoms with Crippen molar-refractivity contribution in [2.24, 2.45) is 0 Å². The van der Waals surface area contributed by atoms with Gasteiger partial charge >= 0.3 is 14.2 Å². The van der Waals surface area contributed by atoms with Crippen LogP contribution in [0.15, 0.2) is 72.8 Å². The molecule has 0 unspecified atom stereocenters. The molecule has 4 aromatic carbocycles. The largest absolute Gasteiger partial charge is 0.496 e. The van der Waals surface area contributed by atoms with E-state index in [0.29, 0.717) is 44.7 Å². The van der Waals surface area contributed by atoms with Crippen molar-refractivity contribution >= 4 is 30.9 Å². The van der Waals surface area contributed by atoms with Gasteiger partial charge in [0.2, 0.25) is 0 Å². The monoisotopic (exact) mass is 682 g/mol. The summed E-state index contributed by atoms with van der Waals surface area (Å²) in [6.07, 6.45) is 0. The molecule has 11 heteroatoms. The van der Waals surface area contributed by atoms with Gasteiger partial charge in [-0.15, -0.1) is 0 Å². The molecule has 50 heavy (non-hydrogen) atoms. The first-order valence-electron chi connectivity index (χ1n) is 16.6. The summed E-state index contributed by atoms with van der Waals surface area (Å²) in [6.45, 7) is 15.5. The lowest BCUT2D eigenvalue weighted by atomic mass is 9.69. The Hall–Kier alpha value is -4.02. The van der Waals surface area contributed by atoms with Gasteiger partial charge in [0, 0.05) is 22.3 Å². The molecule has 2 fully saturated rings. The summed E-state index contributed by atoms with van der Waals surface area (Å²) in [6, 6.07) is 19.0. The van der Waals surface area contributed by atoms with Crippen molar-refractivity contribution in [3.05, 3.63) is 95.6 Å². The van der Waals surface area contributed by atoms with Gasteiger partial charge in [0.05, 0.1) is 36.6 Å². The molecular weight excluding hydrogens is 640 g/mol. The predicted molar refractivity (Wildman–Crippen MR) is 192 cm³/mol. The minimum atomic E-state index is -0.926. The Morgan fingerprint density at radius 3 is 1.12 bits per heavy atom. The maximum atomic E-state index is 15.1. The van der Waals surface area contributed by atoms with Crippen LogP contribution in [0.3, 0.4) is 0 Å². The van der Waals surface area contributed by atoms with Crippen molar-refractivity contribution in [2.45, 2.75) is 77.8 Å². The topological polar surface area (TPSA) is 72.5 Å². The van der Waals surface area contributed by atoms with Crippen LogP contribution >= 0.6 is 0 Å². The number of carbonyl (C=O) groups excluding carboxylic acids is 1. The van der Waals surface area contributed by atoms with Gasteiger partial charge in [-0.05, 0) is 114 Å². The Labute approximate surface area is 293 Å². The number of carbonyl (C=O) groups is 1. The summed E-state index contributed by atoms with van der Waals surface area (Å²) in [4.78, 5) is 15.1. The quantitative estimate of drug-likeness (QED) is 0.145. The molecule has 2 aliphatic rings. The van der Waals surface area contributed by atoms with Crippen molar-refractivity contribution in [1.29, 1.82) is 0 Å². The molecule has 0 bridgehead atoms. The van der Waals surface area contributed by atoms with Gasteiger partial charge in [0.1, 0.15) is 23.1 Å². The Balaban J connectivity index is 1.59. The summed E-state index contributed by atoms with van der Waals surface area (Å²) in [5, 5.41) is 0. The van der Waals surface area contributed by atoms with Gasteiger partial charge in [-0.3, -0.25) is 4.79 Å². The van der Waals surface area contributed by atoms with Crippen molar-refractivity contribution in [1.82, 2.24) is 0 Å². The first-order valence-corrected chi connectivity index (χ1v) is 16.6. The summed E-state index contributed by atoms with van der Waals surface area (Å²) in [5.41, 5.74) is 1.26. The molecule has 0 atom stereocenters. The number of hydrogen-bond acceptors (Lipinski definition) is 7. The van der Waals surface area contributed by atoms with Crippen LogP contribution in [0, 0.1) is 11.6 Å². The molecule has 2 aliphatic heterocycles. The molecule has 4 aromatic rings. The second kappa shape index (κ2) is 12.6. The van der Waals surface area contributed by atoms with Crippen LogP contribution in [-0.4, -0.2) is 56.6 Å². The molecule has 0 saturated carbocycles. The fourth-order valence-corrected chi connectivity index (χ4v) is 6.11. The molecule has 0 N–H and O–H groups in total. The van der Waals surface area contributed by atoms with Gasteiger partial charge in [0.25, 0.3) is 0 Å². The van der Waals surface area contributed by atoms with E-state index < -0.39 is 36.6 Å². The smallest absolute Gasteiger partial charge is 0.495 e. The number of hydrogen-bond donors (Lipinski definition) is 0. The van der Waals surface area contributed by atoms with E-state index in [4.69, 9.17) is 28.1 Å². The average molecular weight is 682 g/mol. The third-order valence-electron chi connectivity index (χ3n) is 10.6. The lowest BCUT2D eigenvalue weighted by Gasteiger charge is -2.32. The summed E-state index contributed by atoms with van der Waals surface area (Å²) in [7, 11) is 1.18. The van der Waals surface area contributed by atoms with Crippen molar-refractivity contribution in [3.63, 3.8) is 0 Å². The van der Waals surface area contributed by atoms with E-state index in [1.54, 1.807) is 48.5 Å². The van der Waals surface area contributed by atoms with Crippen molar-refractivity contribution < 1.29 is 41.7 Å². The number of methoxy groups -OCH3 is 2. The van der Waals surface area contributed by atoms with Gasteiger partial charge in [-0.25, -0.2) is 8.78 Å². The SMILES string of the molecule is COc1cc(C(=O)c2cc(OC)c(-c3ccc(F)cc3)cc2B2OC(C)(C)C(C)(C)O2)c(B2OC(C)(C)C(C)(C)O2)cc1-c1ccc(F)cc1. The van der Waals surface area contributed by atoms with Crippen LogP contribution in [0.4, 0.5) is 8.78 Å². The van der Waals surface area contributed by atoms with E-state index in [1.165, 1.54) is 38.5 Å². The molecule has 0 spiro atoms. The van der Waals surface area contributed by atoms with E-state index >= 15 is 4.79 Å². The first-order chi connectivity index (χ1) is 23.4. The second-order valence-electron chi connectivity index (χ2n) is 14.8. The normalized spacial score (nSPS) is 18.7.